The molecule has 0 saturated carbocycles. The minimum Gasteiger partial charge on any atom is -0.361 e. The summed E-state index contributed by atoms with van der Waals surface area (Å²) in [5.41, 5.74) is 2.58. The van der Waals surface area contributed by atoms with Gasteiger partial charge in [0.2, 0.25) is 0 Å². The molecule has 0 spiro atoms. The lowest BCUT2D eigenvalue weighted by molar-refractivity contribution is 0.0728. The fourth-order valence-electron chi connectivity index (χ4n) is 3.53. The zero-order valence-corrected chi connectivity index (χ0v) is 14.2. The first-order valence-corrected chi connectivity index (χ1v) is 8.49. The Balaban J connectivity index is 1.69. The normalized spacial score (nSPS) is 17.6. The molecule has 3 aromatic rings. The van der Waals surface area contributed by atoms with Crippen molar-refractivity contribution in [2.75, 3.05) is 6.54 Å². The minimum absolute atomic E-state index is 0.0789. The van der Waals surface area contributed by atoms with E-state index in [1.165, 1.54) is 12.1 Å². The summed E-state index contributed by atoms with van der Waals surface area (Å²) in [5.74, 6) is 0.845. The fraction of sp³-hybridized carbons (Fsp3) is 0.389. The number of nitrogens with zero attached hydrogens (tertiary/aromatic N) is 3. The Bertz CT molecular complexity index is 946. The summed E-state index contributed by atoms with van der Waals surface area (Å²) < 4.78 is 18.6. The van der Waals surface area contributed by atoms with Gasteiger partial charge in [0.15, 0.2) is 0 Å². The Hall–Kier alpha value is -2.70. The molecule has 3 heterocycles. The van der Waals surface area contributed by atoms with Crippen LogP contribution in [0.3, 0.4) is 0 Å². The predicted molar refractivity (Wildman–Crippen MR) is 89.7 cm³/mol. The number of carbonyl (C=O) groups excluding carboxylic acids is 1. The summed E-state index contributed by atoms with van der Waals surface area (Å²) in [5, 5.41) is 3.98. The van der Waals surface area contributed by atoms with Gasteiger partial charge in [-0.15, -0.1) is 0 Å². The monoisotopic (exact) mass is 342 g/mol. The van der Waals surface area contributed by atoms with E-state index in [9.17, 15) is 9.18 Å². The summed E-state index contributed by atoms with van der Waals surface area (Å²) in [6.45, 7) is 4.36. The van der Waals surface area contributed by atoms with E-state index in [0.29, 0.717) is 46.8 Å². The zero-order chi connectivity index (χ0) is 17.6. The van der Waals surface area contributed by atoms with E-state index < -0.39 is 0 Å². The van der Waals surface area contributed by atoms with Gasteiger partial charge >= 0.3 is 0 Å². The topological polar surface area (TPSA) is 75.0 Å². The molecule has 1 aliphatic rings. The third-order valence-electron chi connectivity index (χ3n) is 4.77. The van der Waals surface area contributed by atoms with Gasteiger partial charge in [0.05, 0.1) is 22.8 Å². The molecule has 130 valence electrons. The number of fused-ring (bicyclic) bond motifs is 1. The Morgan fingerprint density at radius 2 is 2.32 bits per heavy atom. The second-order valence-corrected chi connectivity index (χ2v) is 6.35. The van der Waals surface area contributed by atoms with Crippen LogP contribution in [-0.2, 0) is 6.42 Å². The van der Waals surface area contributed by atoms with Crippen LogP contribution in [0.25, 0.3) is 11.0 Å². The number of carbonyl (C=O) groups is 1. The molecule has 1 aromatic carbocycles. The van der Waals surface area contributed by atoms with Crippen molar-refractivity contribution in [2.45, 2.75) is 39.2 Å². The average molecular weight is 342 g/mol. The maximum Gasteiger partial charge on any atom is 0.260 e. The van der Waals surface area contributed by atoms with Crippen molar-refractivity contribution in [1.82, 2.24) is 20.0 Å². The lowest BCUT2D eigenvalue weighted by Gasteiger charge is -2.23. The Kier molecular flexibility index (Phi) is 3.78. The number of aromatic nitrogens is 3. The van der Waals surface area contributed by atoms with E-state index in [1.54, 1.807) is 13.0 Å². The second-order valence-electron chi connectivity index (χ2n) is 6.35. The maximum absolute atomic E-state index is 13.4. The van der Waals surface area contributed by atoms with E-state index >= 15 is 0 Å². The quantitative estimate of drug-likeness (QED) is 0.790. The lowest BCUT2D eigenvalue weighted by Crippen LogP contribution is -2.32. The van der Waals surface area contributed by atoms with Crippen LogP contribution in [0.1, 0.15) is 53.4 Å². The first-order valence-electron chi connectivity index (χ1n) is 8.49. The number of nitrogens with one attached hydrogen (secondary N) is 1. The number of imidazole rings is 1. The van der Waals surface area contributed by atoms with Crippen molar-refractivity contribution >= 4 is 16.9 Å². The van der Waals surface area contributed by atoms with E-state index in [0.717, 1.165) is 12.8 Å². The van der Waals surface area contributed by atoms with Gasteiger partial charge < -0.3 is 14.4 Å². The molecular weight excluding hydrogens is 323 g/mol. The number of amides is 1. The van der Waals surface area contributed by atoms with Crippen molar-refractivity contribution in [1.29, 1.82) is 0 Å². The van der Waals surface area contributed by atoms with Crippen LogP contribution in [0.15, 0.2) is 22.7 Å². The highest BCUT2D eigenvalue weighted by atomic mass is 19.1. The highest BCUT2D eigenvalue weighted by Gasteiger charge is 2.35. The summed E-state index contributed by atoms with van der Waals surface area (Å²) >= 11 is 0. The third kappa shape index (κ3) is 2.59. The van der Waals surface area contributed by atoms with Crippen LogP contribution in [-0.4, -0.2) is 32.5 Å². The number of aromatic amines is 1. The van der Waals surface area contributed by atoms with Crippen LogP contribution in [0.4, 0.5) is 4.39 Å². The lowest BCUT2D eigenvalue weighted by atomic mass is 10.1. The summed E-state index contributed by atoms with van der Waals surface area (Å²) in [6.07, 6.45) is 2.36. The molecule has 1 aliphatic heterocycles. The van der Waals surface area contributed by atoms with Crippen LogP contribution in [0.5, 0.6) is 0 Å². The fourth-order valence-corrected chi connectivity index (χ4v) is 3.53. The van der Waals surface area contributed by atoms with Crippen LogP contribution in [0, 0.1) is 12.7 Å². The van der Waals surface area contributed by atoms with Gasteiger partial charge in [0.1, 0.15) is 23.0 Å². The van der Waals surface area contributed by atoms with Crippen molar-refractivity contribution < 1.29 is 13.7 Å². The molecule has 1 fully saturated rings. The van der Waals surface area contributed by atoms with Crippen LogP contribution < -0.4 is 0 Å². The van der Waals surface area contributed by atoms with Crippen molar-refractivity contribution in [3.05, 3.63) is 46.9 Å². The number of hydrogen-bond donors (Lipinski definition) is 1. The number of benzene rings is 1. The number of likely N-dealkylation sites (tertiary alicyclic amines) is 1. The molecule has 0 bridgehead atoms. The predicted octanol–water partition coefficient (Wildman–Crippen LogP) is 3.54. The van der Waals surface area contributed by atoms with E-state index in [1.807, 2.05) is 11.8 Å². The molecule has 0 radical (unpaired) electrons. The first kappa shape index (κ1) is 15.8. The second kappa shape index (κ2) is 5.98. The third-order valence-corrected chi connectivity index (χ3v) is 4.77. The van der Waals surface area contributed by atoms with E-state index in [4.69, 9.17) is 4.52 Å². The number of H-pyrrole nitrogens is 1. The van der Waals surface area contributed by atoms with E-state index in [-0.39, 0.29) is 17.8 Å². The van der Waals surface area contributed by atoms with E-state index in [2.05, 4.69) is 15.1 Å². The molecule has 1 saturated heterocycles. The molecule has 7 heteroatoms. The molecular formula is C18H19FN4O2. The summed E-state index contributed by atoms with van der Waals surface area (Å²) in [4.78, 5) is 22.6. The largest absolute Gasteiger partial charge is 0.361 e. The minimum atomic E-state index is -0.310. The highest BCUT2D eigenvalue weighted by Crippen LogP contribution is 2.33. The summed E-state index contributed by atoms with van der Waals surface area (Å²) in [7, 11) is 0. The SMILES string of the molecule is CCc1noc(C)c1C(=O)N1CCCC1c1nc2ccc(F)cc2[nH]1. The standard InChI is InChI=1S/C18H19FN4O2/c1-3-12-16(10(2)25-22-12)18(24)23-8-4-5-15(23)17-20-13-7-6-11(19)9-14(13)21-17/h6-7,9,15H,3-5,8H2,1-2H3,(H,20,21). The van der Waals surface area contributed by atoms with Gasteiger partial charge in [-0.25, -0.2) is 9.37 Å². The van der Waals surface area contributed by atoms with Crippen LogP contribution >= 0.6 is 0 Å². The molecule has 1 N–H and O–H groups in total. The smallest absolute Gasteiger partial charge is 0.260 e. The molecule has 4 rings (SSSR count). The van der Waals surface area contributed by atoms with Crippen molar-refractivity contribution in [3.8, 4) is 0 Å². The van der Waals surface area contributed by atoms with Gasteiger partial charge in [-0.2, -0.15) is 0 Å². The Labute approximate surface area is 144 Å². The molecule has 2 aromatic heterocycles. The Morgan fingerprint density at radius 1 is 1.48 bits per heavy atom. The van der Waals surface area contributed by atoms with Crippen molar-refractivity contribution in [2.24, 2.45) is 0 Å². The molecule has 6 nitrogen and oxygen atoms in total. The molecule has 25 heavy (non-hydrogen) atoms. The van der Waals surface area contributed by atoms with Gasteiger partial charge in [-0.1, -0.05) is 12.1 Å². The van der Waals surface area contributed by atoms with Gasteiger partial charge in [0.25, 0.3) is 5.91 Å². The number of halogens is 1. The molecule has 0 aliphatic carbocycles. The highest BCUT2D eigenvalue weighted by molar-refractivity contribution is 5.96. The maximum atomic E-state index is 13.4. The average Bonchev–Trinajstić information content (AvgIpc) is 3.30. The number of hydrogen-bond acceptors (Lipinski definition) is 4. The van der Waals surface area contributed by atoms with Crippen LogP contribution in [0.2, 0.25) is 0 Å². The first-order chi connectivity index (χ1) is 12.1. The van der Waals surface area contributed by atoms with Gasteiger partial charge in [-0.05, 0) is 44.4 Å². The number of aryl methyl sites for hydroxylation is 2. The summed E-state index contributed by atoms with van der Waals surface area (Å²) in [6, 6.07) is 4.30. The zero-order valence-electron chi connectivity index (χ0n) is 14.2. The van der Waals surface area contributed by atoms with Gasteiger partial charge in [-0.3, -0.25) is 4.79 Å². The molecule has 1 unspecified atom stereocenters. The van der Waals surface area contributed by atoms with Crippen molar-refractivity contribution in [3.63, 3.8) is 0 Å². The van der Waals surface area contributed by atoms with Gasteiger partial charge in [0, 0.05) is 6.54 Å². The Morgan fingerprint density at radius 3 is 3.12 bits per heavy atom. The molecule has 1 atom stereocenters. The molecule has 1 amide bonds. The number of rotatable bonds is 3.